The van der Waals surface area contributed by atoms with Crippen molar-refractivity contribution in [3.63, 3.8) is 0 Å². The molecule has 0 bridgehead atoms. The molecule has 1 saturated heterocycles. The van der Waals surface area contributed by atoms with E-state index in [0.717, 1.165) is 17.0 Å². The van der Waals surface area contributed by atoms with Crippen LogP contribution in [-0.2, 0) is 11.2 Å². The number of thiazole rings is 1. The van der Waals surface area contributed by atoms with Crippen LogP contribution in [0, 0.1) is 5.92 Å². The molecule has 3 rings (SSSR count). The second-order valence-electron chi connectivity index (χ2n) is 7.09. The summed E-state index contributed by atoms with van der Waals surface area (Å²) in [5, 5.41) is 10.0. The summed E-state index contributed by atoms with van der Waals surface area (Å²) in [7, 11) is 0. The first-order valence-corrected chi connectivity index (χ1v) is 11.0. The van der Waals surface area contributed by atoms with Gasteiger partial charge in [0.05, 0.1) is 24.7 Å². The average molecular weight is 459 g/mol. The third kappa shape index (κ3) is 5.35. The summed E-state index contributed by atoms with van der Waals surface area (Å²) in [4.78, 5) is 37.3. The minimum Gasteiger partial charge on any atom is -0.477 e. The van der Waals surface area contributed by atoms with Crippen molar-refractivity contribution in [2.75, 3.05) is 31.3 Å². The number of rotatable bonds is 10. The minimum atomic E-state index is -1.02. The Hall–Kier alpha value is -2.04. The number of carbonyl (C=O) groups excluding carboxylic acids is 1. The number of ether oxygens (including phenoxy) is 1. The van der Waals surface area contributed by atoms with Crippen molar-refractivity contribution in [1.82, 2.24) is 15.0 Å². The van der Waals surface area contributed by atoms with Gasteiger partial charge in [0.1, 0.15) is 4.88 Å². The maximum absolute atomic E-state index is 12.7. The molecule has 30 heavy (non-hydrogen) atoms. The zero-order chi connectivity index (χ0) is 21.7. The van der Waals surface area contributed by atoms with E-state index in [2.05, 4.69) is 15.0 Å². The van der Waals surface area contributed by atoms with Crippen LogP contribution in [0.3, 0.4) is 0 Å². The van der Waals surface area contributed by atoms with Crippen LogP contribution in [0.5, 0.6) is 0 Å². The molecule has 0 spiro atoms. The summed E-state index contributed by atoms with van der Waals surface area (Å²) in [6.45, 7) is 2.78. The highest BCUT2D eigenvalue weighted by atomic mass is 35.5. The van der Waals surface area contributed by atoms with E-state index in [1.54, 1.807) is 0 Å². The average Bonchev–Trinajstić information content (AvgIpc) is 3.36. The van der Waals surface area contributed by atoms with Gasteiger partial charge in [-0.3, -0.25) is 9.18 Å². The standard InChI is InChI=1S/C19H24ClFN4O4S/c1-2-12-16(20)24-17(23-12)13(26)8-11-4-6-25(10-14(11)29-7-3-5-21)19-22-9-15(30-19)18(27)28/h9,11,14H,2-8,10H2,1H3,(H,23,24)(H,27,28)/t11-,14-/m0/s1. The number of Topliss-reactive ketones (excluding diaryl/α,β-unsaturated/α-hetero) is 1. The van der Waals surface area contributed by atoms with Crippen molar-refractivity contribution in [1.29, 1.82) is 0 Å². The number of hydrogen-bond acceptors (Lipinski definition) is 7. The summed E-state index contributed by atoms with van der Waals surface area (Å²) in [5.74, 6) is -0.982. The van der Waals surface area contributed by atoms with Crippen molar-refractivity contribution in [2.24, 2.45) is 5.92 Å². The summed E-state index contributed by atoms with van der Waals surface area (Å²) in [6.07, 6.45) is 2.86. The van der Waals surface area contributed by atoms with Gasteiger partial charge in [0.2, 0.25) is 0 Å². The van der Waals surface area contributed by atoms with Gasteiger partial charge < -0.3 is 19.7 Å². The minimum absolute atomic E-state index is 0.0683. The Kier molecular flexibility index (Phi) is 7.79. The number of aromatic nitrogens is 3. The molecule has 1 aliphatic rings. The van der Waals surface area contributed by atoms with Crippen LogP contribution in [0.25, 0.3) is 0 Å². The third-order valence-electron chi connectivity index (χ3n) is 5.07. The molecule has 8 nitrogen and oxygen atoms in total. The normalized spacial score (nSPS) is 19.2. The van der Waals surface area contributed by atoms with E-state index in [1.165, 1.54) is 6.20 Å². The molecule has 3 heterocycles. The molecule has 0 radical (unpaired) electrons. The molecular weight excluding hydrogens is 435 g/mol. The molecule has 164 valence electrons. The molecule has 0 saturated carbocycles. The number of alkyl halides is 1. The highest BCUT2D eigenvalue weighted by molar-refractivity contribution is 7.17. The number of carbonyl (C=O) groups is 2. The maximum Gasteiger partial charge on any atom is 0.347 e. The first-order chi connectivity index (χ1) is 14.4. The predicted molar refractivity (Wildman–Crippen MR) is 112 cm³/mol. The van der Waals surface area contributed by atoms with E-state index in [4.69, 9.17) is 21.4 Å². The maximum atomic E-state index is 12.7. The number of nitrogens with zero attached hydrogens (tertiary/aromatic N) is 3. The molecule has 2 aromatic rings. The lowest BCUT2D eigenvalue weighted by Gasteiger charge is -2.38. The highest BCUT2D eigenvalue weighted by Crippen LogP contribution is 2.31. The van der Waals surface area contributed by atoms with Crippen molar-refractivity contribution < 1.29 is 23.8 Å². The van der Waals surface area contributed by atoms with Crippen LogP contribution in [-0.4, -0.2) is 64.3 Å². The van der Waals surface area contributed by atoms with Gasteiger partial charge in [-0.05, 0) is 25.2 Å². The SMILES string of the molecule is CCc1[nH]c(C(=O)C[C@@H]2CCN(c3ncc(C(=O)O)s3)C[C@@H]2OCCCF)nc1Cl. The summed E-state index contributed by atoms with van der Waals surface area (Å²) < 4.78 is 18.4. The van der Waals surface area contributed by atoms with Crippen LogP contribution in [0.2, 0.25) is 5.15 Å². The van der Waals surface area contributed by atoms with Gasteiger partial charge in [-0.2, -0.15) is 0 Å². The Balaban J connectivity index is 1.69. The number of carboxylic acid groups (broad SMARTS) is 1. The van der Waals surface area contributed by atoms with Crippen LogP contribution in [0.15, 0.2) is 6.20 Å². The monoisotopic (exact) mass is 458 g/mol. The number of aromatic carboxylic acids is 1. The van der Waals surface area contributed by atoms with Crippen molar-refractivity contribution in [3.05, 3.63) is 27.7 Å². The summed E-state index contributed by atoms with van der Waals surface area (Å²) in [6, 6.07) is 0. The summed E-state index contributed by atoms with van der Waals surface area (Å²) in [5.41, 5.74) is 0.726. The fourth-order valence-electron chi connectivity index (χ4n) is 3.45. The Morgan fingerprint density at radius 2 is 2.30 bits per heavy atom. The van der Waals surface area contributed by atoms with Crippen LogP contribution < -0.4 is 4.90 Å². The lowest BCUT2D eigenvalue weighted by Crippen LogP contribution is -2.46. The van der Waals surface area contributed by atoms with E-state index in [1.807, 2.05) is 11.8 Å². The molecule has 2 N–H and O–H groups in total. The van der Waals surface area contributed by atoms with Gasteiger partial charge in [0.25, 0.3) is 0 Å². The number of anilines is 1. The molecule has 0 amide bonds. The number of carboxylic acids is 1. The molecule has 1 aliphatic heterocycles. The number of H-pyrrole nitrogens is 1. The molecule has 0 aromatic carbocycles. The Bertz CT molecular complexity index is 890. The second-order valence-corrected chi connectivity index (χ2v) is 8.46. The number of aromatic amines is 1. The Labute approximate surface area is 182 Å². The predicted octanol–water partition coefficient (Wildman–Crippen LogP) is 3.62. The lowest BCUT2D eigenvalue weighted by molar-refractivity contribution is 0.000772. The lowest BCUT2D eigenvalue weighted by atomic mass is 9.89. The zero-order valence-corrected chi connectivity index (χ0v) is 18.1. The van der Waals surface area contributed by atoms with Crippen LogP contribution in [0.1, 0.15) is 52.2 Å². The number of halogens is 2. The van der Waals surface area contributed by atoms with E-state index >= 15 is 0 Å². The van der Waals surface area contributed by atoms with Gasteiger partial charge in [0.15, 0.2) is 21.9 Å². The van der Waals surface area contributed by atoms with Gasteiger partial charge in [-0.25, -0.2) is 14.8 Å². The van der Waals surface area contributed by atoms with Crippen LogP contribution in [0.4, 0.5) is 9.52 Å². The van der Waals surface area contributed by atoms with E-state index in [-0.39, 0.29) is 48.0 Å². The molecule has 2 aromatic heterocycles. The van der Waals surface area contributed by atoms with E-state index < -0.39 is 12.6 Å². The van der Waals surface area contributed by atoms with Crippen molar-refractivity contribution in [3.8, 4) is 0 Å². The Morgan fingerprint density at radius 3 is 2.93 bits per heavy atom. The number of nitrogens with one attached hydrogen (secondary N) is 1. The molecule has 11 heteroatoms. The van der Waals surface area contributed by atoms with Gasteiger partial charge in [-0.1, -0.05) is 29.9 Å². The van der Waals surface area contributed by atoms with Crippen molar-refractivity contribution >= 4 is 39.8 Å². The zero-order valence-electron chi connectivity index (χ0n) is 16.6. The fourth-order valence-corrected chi connectivity index (χ4v) is 4.50. The largest absolute Gasteiger partial charge is 0.477 e. The Morgan fingerprint density at radius 1 is 1.50 bits per heavy atom. The topological polar surface area (TPSA) is 108 Å². The number of hydrogen-bond donors (Lipinski definition) is 2. The quantitative estimate of drug-likeness (QED) is 0.413. The second kappa shape index (κ2) is 10.3. The molecular formula is C19H24ClFN4O4S. The smallest absolute Gasteiger partial charge is 0.347 e. The van der Waals surface area contributed by atoms with Gasteiger partial charge in [0, 0.05) is 26.1 Å². The molecule has 1 fully saturated rings. The van der Waals surface area contributed by atoms with Gasteiger partial charge >= 0.3 is 5.97 Å². The number of aryl methyl sites for hydroxylation is 1. The van der Waals surface area contributed by atoms with Gasteiger partial charge in [-0.15, -0.1) is 0 Å². The van der Waals surface area contributed by atoms with Crippen molar-refractivity contribution in [2.45, 2.75) is 38.7 Å². The first-order valence-electron chi connectivity index (χ1n) is 9.82. The molecule has 2 atom stereocenters. The first kappa shape index (κ1) is 22.6. The third-order valence-corrected chi connectivity index (χ3v) is 6.43. The van der Waals surface area contributed by atoms with E-state index in [0.29, 0.717) is 36.2 Å². The van der Waals surface area contributed by atoms with Crippen LogP contribution >= 0.6 is 22.9 Å². The fraction of sp³-hybridized carbons (Fsp3) is 0.579. The number of imidazole rings is 1. The number of ketones is 1. The number of piperidine rings is 1. The highest BCUT2D eigenvalue weighted by Gasteiger charge is 2.33. The molecule has 0 unspecified atom stereocenters. The van der Waals surface area contributed by atoms with E-state index in [9.17, 15) is 14.0 Å². The molecule has 0 aliphatic carbocycles. The summed E-state index contributed by atoms with van der Waals surface area (Å²) >= 11 is 7.15.